The summed E-state index contributed by atoms with van der Waals surface area (Å²) in [6.07, 6.45) is 0. The van der Waals surface area contributed by atoms with Gasteiger partial charge in [-0.2, -0.15) is 0 Å². The van der Waals surface area contributed by atoms with E-state index in [0.29, 0.717) is 15.1 Å². The van der Waals surface area contributed by atoms with Gasteiger partial charge in [0.05, 0.1) is 10.0 Å². The fraction of sp³-hybridized carbons (Fsp3) is 0.0714. The van der Waals surface area contributed by atoms with E-state index < -0.39 is 0 Å². The van der Waals surface area contributed by atoms with Crippen LogP contribution >= 0.6 is 34.8 Å². The summed E-state index contributed by atoms with van der Waals surface area (Å²) >= 11 is 18.2. The van der Waals surface area contributed by atoms with Gasteiger partial charge in [-0.1, -0.05) is 46.9 Å². The lowest BCUT2D eigenvalue weighted by molar-refractivity contribution is -0.114. The Morgan fingerprint density at radius 2 is 1.53 bits per heavy atom. The van der Waals surface area contributed by atoms with Crippen LogP contribution in [-0.2, 0) is 4.79 Å². The maximum atomic E-state index is 10.9. The van der Waals surface area contributed by atoms with Crippen LogP contribution in [0.3, 0.4) is 0 Å². The van der Waals surface area contributed by atoms with Gasteiger partial charge in [0.15, 0.2) is 0 Å². The van der Waals surface area contributed by atoms with Crippen molar-refractivity contribution < 1.29 is 4.79 Å². The number of carbonyl (C=O) groups excluding carboxylic acids is 1. The predicted octanol–water partition coefficient (Wildman–Crippen LogP) is 5.27. The molecule has 0 unspecified atom stereocenters. The van der Waals surface area contributed by atoms with Gasteiger partial charge in [-0.25, -0.2) is 0 Å². The van der Waals surface area contributed by atoms with Crippen LogP contribution in [0.5, 0.6) is 0 Å². The number of nitrogens with one attached hydrogen (secondary N) is 1. The second-order valence-electron chi connectivity index (χ2n) is 4.00. The minimum Gasteiger partial charge on any atom is -0.326 e. The Bertz CT molecular complexity index is 600. The lowest BCUT2D eigenvalue weighted by atomic mass is 10.1. The zero-order valence-electron chi connectivity index (χ0n) is 10.0. The summed E-state index contributed by atoms with van der Waals surface area (Å²) in [6.45, 7) is 1.46. The van der Waals surface area contributed by atoms with Gasteiger partial charge < -0.3 is 5.32 Å². The number of hydrogen-bond acceptors (Lipinski definition) is 1. The van der Waals surface area contributed by atoms with Crippen LogP contribution in [0, 0.1) is 0 Å². The molecule has 0 aliphatic rings. The normalized spacial score (nSPS) is 10.3. The van der Waals surface area contributed by atoms with Crippen molar-refractivity contribution in [3.05, 3.63) is 51.5 Å². The maximum Gasteiger partial charge on any atom is 0.221 e. The van der Waals surface area contributed by atoms with E-state index in [1.165, 1.54) is 6.92 Å². The first kappa shape index (κ1) is 14.2. The molecule has 19 heavy (non-hydrogen) atoms. The molecule has 0 aliphatic heterocycles. The van der Waals surface area contributed by atoms with Crippen LogP contribution in [0.2, 0.25) is 15.1 Å². The van der Waals surface area contributed by atoms with Crippen molar-refractivity contribution in [2.75, 3.05) is 5.32 Å². The van der Waals surface area contributed by atoms with Crippen LogP contribution in [0.1, 0.15) is 6.92 Å². The van der Waals surface area contributed by atoms with Gasteiger partial charge in [-0.05, 0) is 29.8 Å². The van der Waals surface area contributed by atoms with Crippen molar-refractivity contribution in [1.82, 2.24) is 0 Å². The molecule has 0 fully saturated rings. The fourth-order valence-electron chi connectivity index (χ4n) is 1.74. The van der Waals surface area contributed by atoms with Gasteiger partial charge in [0.2, 0.25) is 5.91 Å². The molecule has 0 saturated carbocycles. The van der Waals surface area contributed by atoms with Crippen molar-refractivity contribution in [3.8, 4) is 11.1 Å². The molecule has 1 N–H and O–H groups in total. The number of rotatable bonds is 2. The number of anilines is 1. The van der Waals surface area contributed by atoms with Gasteiger partial charge in [-0.3, -0.25) is 4.79 Å². The van der Waals surface area contributed by atoms with Crippen LogP contribution in [-0.4, -0.2) is 5.91 Å². The Morgan fingerprint density at radius 3 is 2.00 bits per heavy atom. The first-order valence-electron chi connectivity index (χ1n) is 5.50. The molecule has 2 aromatic carbocycles. The first-order valence-corrected chi connectivity index (χ1v) is 6.63. The molecule has 2 rings (SSSR count). The molecule has 0 aromatic heterocycles. The predicted molar refractivity (Wildman–Crippen MR) is 81.2 cm³/mol. The Labute approximate surface area is 126 Å². The van der Waals surface area contributed by atoms with Crippen molar-refractivity contribution in [3.63, 3.8) is 0 Å². The third-order valence-electron chi connectivity index (χ3n) is 2.50. The zero-order chi connectivity index (χ0) is 14.0. The van der Waals surface area contributed by atoms with Crippen LogP contribution < -0.4 is 5.32 Å². The standard InChI is InChI=1S/C14H10Cl3NO/c1-8(19)18-11-4-2-9(3-5-11)14-12(16)6-10(15)7-13(14)17/h2-7H,1H3,(H,18,19). The molecule has 0 radical (unpaired) electrons. The van der Waals surface area contributed by atoms with Crippen LogP contribution in [0.4, 0.5) is 5.69 Å². The van der Waals surface area contributed by atoms with E-state index in [2.05, 4.69) is 5.32 Å². The quantitative estimate of drug-likeness (QED) is 0.803. The summed E-state index contributed by atoms with van der Waals surface area (Å²) in [4.78, 5) is 10.9. The van der Waals surface area contributed by atoms with Crippen molar-refractivity contribution in [2.24, 2.45) is 0 Å². The number of halogens is 3. The molecule has 5 heteroatoms. The molecule has 0 saturated heterocycles. The molecular formula is C14H10Cl3NO. The second-order valence-corrected chi connectivity index (χ2v) is 5.25. The lowest BCUT2D eigenvalue weighted by Gasteiger charge is -2.09. The highest BCUT2D eigenvalue weighted by molar-refractivity contribution is 6.41. The average molecular weight is 315 g/mol. The summed E-state index contributed by atoms with van der Waals surface area (Å²) in [5.74, 6) is -0.115. The summed E-state index contributed by atoms with van der Waals surface area (Å²) in [5.41, 5.74) is 2.31. The molecule has 98 valence electrons. The highest BCUT2D eigenvalue weighted by Crippen LogP contribution is 2.37. The number of hydrogen-bond donors (Lipinski definition) is 1. The molecule has 0 bridgehead atoms. The van der Waals surface area contributed by atoms with Crippen molar-refractivity contribution in [2.45, 2.75) is 6.92 Å². The Balaban J connectivity index is 2.40. The van der Waals surface area contributed by atoms with E-state index in [4.69, 9.17) is 34.8 Å². The SMILES string of the molecule is CC(=O)Nc1ccc(-c2c(Cl)cc(Cl)cc2Cl)cc1. The van der Waals surface area contributed by atoms with E-state index in [-0.39, 0.29) is 5.91 Å². The smallest absolute Gasteiger partial charge is 0.221 e. The molecular weight excluding hydrogens is 305 g/mol. The molecule has 0 heterocycles. The maximum absolute atomic E-state index is 10.9. The highest BCUT2D eigenvalue weighted by Gasteiger charge is 2.10. The highest BCUT2D eigenvalue weighted by atomic mass is 35.5. The van der Waals surface area contributed by atoms with Crippen molar-refractivity contribution >= 4 is 46.4 Å². The molecule has 0 spiro atoms. The Hall–Kier alpha value is -1.22. The number of carbonyl (C=O) groups is 1. The Kier molecular flexibility index (Phi) is 4.35. The van der Waals surface area contributed by atoms with Crippen LogP contribution in [0.15, 0.2) is 36.4 Å². The third-order valence-corrected chi connectivity index (χ3v) is 3.32. The molecule has 2 nitrogen and oxygen atoms in total. The van der Waals surface area contributed by atoms with Gasteiger partial charge >= 0.3 is 0 Å². The van der Waals surface area contributed by atoms with Gasteiger partial charge in [0.1, 0.15) is 0 Å². The topological polar surface area (TPSA) is 29.1 Å². The minimum absolute atomic E-state index is 0.115. The minimum atomic E-state index is -0.115. The average Bonchev–Trinajstić information content (AvgIpc) is 2.29. The van der Waals surface area contributed by atoms with Crippen molar-refractivity contribution in [1.29, 1.82) is 0 Å². The van der Waals surface area contributed by atoms with E-state index >= 15 is 0 Å². The lowest BCUT2D eigenvalue weighted by Crippen LogP contribution is -2.05. The fourth-order valence-corrected chi connectivity index (χ4v) is 2.78. The number of amides is 1. The zero-order valence-corrected chi connectivity index (χ0v) is 12.3. The summed E-state index contributed by atoms with van der Waals surface area (Å²) in [7, 11) is 0. The van der Waals surface area contributed by atoms with E-state index in [9.17, 15) is 4.79 Å². The van der Waals surface area contributed by atoms with E-state index in [0.717, 1.165) is 16.8 Å². The number of benzene rings is 2. The molecule has 0 atom stereocenters. The van der Waals surface area contributed by atoms with E-state index in [1.807, 2.05) is 12.1 Å². The summed E-state index contributed by atoms with van der Waals surface area (Å²) in [6, 6.07) is 10.5. The Morgan fingerprint density at radius 1 is 1.00 bits per heavy atom. The summed E-state index contributed by atoms with van der Waals surface area (Å²) < 4.78 is 0. The molecule has 1 amide bonds. The first-order chi connectivity index (χ1) is 8.97. The largest absolute Gasteiger partial charge is 0.326 e. The van der Waals surface area contributed by atoms with Gasteiger partial charge in [0, 0.05) is 23.2 Å². The summed E-state index contributed by atoms with van der Waals surface area (Å²) in [5, 5.41) is 4.17. The van der Waals surface area contributed by atoms with Gasteiger partial charge in [0.25, 0.3) is 0 Å². The second kappa shape index (κ2) is 5.83. The third kappa shape index (κ3) is 3.41. The van der Waals surface area contributed by atoms with Crippen LogP contribution in [0.25, 0.3) is 11.1 Å². The van der Waals surface area contributed by atoms with E-state index in [1.54, 1.807) is 24.3 Å². The molecule has 2 aromatic rings. The monoisotopic (exact) mass is 313 g/mol. The molecule has 0 aliphatic carbocycles. The van der Waals surface area contributed by atoms with Gasteiger partial charge in [-0.15, -0.1) is 0 Å².